The molecule has 1 aliphatic heterocycles. The number of likely N-dealkylation sites (tertiary alicyclic amines) is 1. The van der Waals surface area contributed by atoms with Crippen molar-refractivity contribution in [2.75, 3.05) is 13.1 Å². The minimum absolute atomic E-state index is 0.0396. The van der Waals surface area contributed by atoms with Gasteiger partial charge in [0.25, 0.3) is 0 Å². The van der Waals surface area contributed by atoms with Gasteiger partial charge < -0.3 is 20.3 Å². The van der Waals surface area contributed by atoms with Crippen LogP contribution in [0.3, 0.4) is 0 Å². The normalized spacial score (nSPS) is 15.8. The summed E-state index contributed by atoms with van der Waals surface area (Å²) in [5.74, 6) is -0.476. The average molecular weight is 426 g/mol. The summed E-state index contributed by atoms with van der Waals surface area (Å²) in [5.41, 5.74) is 8.02. The minimum atomic E-state index is -0.929. The van der Waals surface area contributed by atoms with E-state index in [1.54, 1.807) is 6.20 Å². The molecule has 0 radical (unpaired) electrons. The van der Waals surface area contributed by atoms with Crippen molar-refractivity contribution in [3.05, 3.63) is 77.8 Å². The zero-order chi connectivity index (χ0) is 22.0. The van der Waals surface area contributed by atoms with Crippen molar-refractivity contribution in [3.63, 3.8) is 0 Å². The third kappa shape index (κ3) is 4.59. The summed E-state index contributed by atoms with van der Waals surface area (Å²) < 4.78 is 30.0. The molecular formula is C23H24F2N4O2. The highest BCUT2D eigenvalue weighted by molar-refractivity contribution is 5.65. The van der Waals surface area contributed by atoms with Crippen molar-refractivity contribution in [1.82, 2.24) is 14.5 Å². The Kier molecular flexibility index (Phi) is 5.99. The van der Waals surface area contributed by atoms with Crippen molar-refractivity contribution in [1.29, 1.82) is 0 Å². The number of imidazole rings is 1. The largest absolute Gasteiger partial charge is 0.465 e. The number of carbonyl (C=O) groups is 1. The van der Waals surface area contributed by atoms with Crippen LogP contribution in [0.15, 0.2) is 54.7 Å². The first-order chi connectivity index (χ1) is 14.9. The SMILES string of the molecule is NC(c1nc(-c2cc(F)ccc2F)cn1Cc1ccccc1)C1CCN(C(=O)O)CC1. The van der Waals surface area contributed by atoms with Gasteiger partial charge in [-0.05, 0) is 42.5 Å². The van der Waals surface area contributed by atoms with Gasteiger partial charge in [-0.1, -0.05) is 30.3 Å². The summed E-state index contributed by atoms with van der Waals surface area (Å²) in [7, 11) is 0. The molecule has 6 nitrogen and oxygen atoms in total. The number of nitrogens with two attached hydrogens (primary N) is 1. The summed E-state index contributed by atoms with van der Waals surface area (Å²) in [6.45, 7) is 1.32. The zero-order valence-electron chi connectivity index (χ0n) is 16.9. The van der Waals surface area contributed by atoms with E-state index in [0.29, 0.717) is 44.0 Å². The summed E-state index contributed by atoms with van der Waals surface area (Å²) in [6, 6.07) is 12.6. The lowest BCUT2D eigenvalue weighted by atomic mass is 9.89. The Balaban J connectivity index is 1.67. The number of amides is 1. The third-order valence-corrected chi connectivity index (χ3v) is 5.82. The monoisotopic (exact) mass is 426 g/mol. The molecule has 0 bridgehead atoms. The highest BCUT2D eigenvalue weighted by Gasteiger charge is 2.30. The summed E-state index contributed by atoms with van der Waals surface area (Å²) in [5, 5.41) is 9.18. The van der Waals surface area contributed by atoms with Gasteiger partial charge in [-0.15, -0.1) is 0 Å². The van der Waals surface area contributed by atoms with Crippen molar-refractivity contribution in [2.24, 2.45) is 11.7 Å². The number of carboxylic acid groups (broad SMARTS) is 1. The van der Waals surface area contributed by atoms with E-state index in [0.717, 1.165) is 23.8 Å². The van der Waals surface area contributed by atoms with E-state index >= 15 is 0 Å². The van der Waals surface area contributed by atoms with Crippen LogP contribution in [0, 0.1) is 17.6 Å². The molecule has 1 saturated heterocycles. The molecule has 0 saturated carbocycles. The molecule has 8 heteroatoms. The fourth-order valence-corrected chi connectivity index (χ4v) is 4.09. The van der Waals surface area contributed by atoms with Gasteiger partial charge in [0.05, 0.1) is 11.7 Å². The van der Waals surface area contributed by atoms with Crippen molar-refractivity contribution < 1.29 is 18.7 Å². The number of nitrogens with zero attached hydrogens (tertiary/aromatic N) is 3. The Hall–Kier alpha value is -3.26. The zero-order valence-corrected chi connectivity index (χ0v) is 16.9. The van der Waals surface area contributed by atoms with Gasteiger partial charge in [-0.3, -0.25) is 0 Å². The molecule has 2 heterocycles. The second-order valence-electron chi connectivity index (χ2n) is 7.85. The van der Waals surface area contributed by atoms with E-state index in [9.17, 15) is 18.7 Å². The lowest BCUT2D eigenvalue weighted by Crippen LogP contribution is -2.40. The molecule has 2 aromatic carbocycles. The molecule has 0 spiro atoms. The van der Waals surface area contributed by atoms with Crippen molar-refractivity contribution in [3.8, 4) is 11.3 Å². The van der Waals surface area contributed by atoms with Crippen molar-refractivity contribution >= 4 is 6.09 Å². The van der Waals surface area contributed by atoms with Gasteiger partial charge in [-0.2, -0.15) is 0 Å². The Bertz CT molecular complexity index is 1060. The molecule has 0 aliphatic carbocycles. The number of piperidine rings is 1. The Morgan fingerprint density at radius 3 is 2.55 bits per heavy atom. The van der Waals surface area contributed by atoms with Gasteiger partial charge in [0.1, 0.15) is 17.5 Å². The van der Waals surface area contributed by atoms with Gasteiger partial charge >= 0.3 is 6.09 Å². The van der Waals surface area contributed by atoms with Crippen LogP contribution >= 0.6 is 0 Å². The van der Waals surface area contributed by atoms with Crippen LogP contribution in [0.4, 0.5) is 13.6 Å². The summed E-state index contributed by atoms with van der Waals surface area (Å²) >= 11 is 0. The van der Waals surface area contributed by atoms with Gasteiger partial charge in [0.15, 0.2) is 0 Å². The number of halogens is 2. The van der Waals surface area contributed by atoms with Gasteiger partial charge in [-0.25, -0.2) is 18.6 Å². The van der Waals surface area contributed by atoms with Gasteiger partial charge in [0.2, 0.25) is 0 Å². The molecule has 3 aromatic rings. The predicted octanol–water partition coefficient (Wildman–Crippen LogP) is 4.27. The summed E-state index contributed by atoms with van der Waals surface area (Å²) in [6.07, 6.45) is 2.01. The molecule has 1 aromatic heterocycles. The van der Waals surface area contributed by atoms with Crippen molar-refractivity contribution in [2.45, 2.75) is 25.4 Å². The van der Waals surface area contributed by atoms with E-state index in [-0.39, 0.29) is 11.5 Å². The number of benzene rings is 2. The van der Waals surface area contributed by atoms with Crippen LogP contribution in [0.2, 0.25) is 0 Å². The quantitative estimate of drug-likeness (QED) is 0.638. The van der Waals surface area contributed by atoms with Crippen LogP contribution in [-0.4, -0.2) is 38.7 Å². The minimum Gasteiger partial charge on any atom is -0.465 e. The number of aromatic nitrogens is 2. The molecule has 4 rings (SSSR count). The summed E-state index contributed by atoms with van der Waals surface area (Å²) in [4.78, 5) is 17.2. The Morgan fingerprint density at radius 2 is 1.87 bits per heavy atom. The van der Waals surface area contributed by atoms with Crippen LogP contribution in [-0.2, 0) is 6.54 Å². The lowest BCUT2D eigenvalue weighted by molar-refractivity contribution is 0.119. The number of hydrogen-bond acceptors (Lipinski definition) is 3. The average Bonchev–Trinajstić information content (AvgIpc) is 3.19. The van der Waals surface area contributed by atoms with Crippen LogP contribution in [0.25, 0.3) is 11.3 Å². The predicted molar refractivity (Wildman–Crippen MR) is 112 cm³/mol. The first-order valence-corrected chi connectivity index (χ1v) is 10.2. The standard InChI is InChI=1S/C23H24F2N4O2/c24-17-6-7-19(25)18(12-17)20-14-29(13-15-4-2-1-3-5-15)22(27-20)21(26)16-8-10-28(11-9-16)23(30)31/h1-7,12,14,16,21H,8-11,13,26H2,(H,30,31). The molecular weight excluding hydrogens is 402 g/mol. The number of rotatable bonds is 5. The van der Waals surface area contributed by atoms with E-state index in [1.807, 2.05) is 34.9 Å². The smallest absolute Gasteiger partial charge is 0.407 e. The Morgan fingerprint density at radius 1 is 1.16 bits per heavy atom. The fraction of sp³-hybridized carbons (Fsp3) is 0.304. The second kappa shape index (κ2) is 8.85. The lowest BCUT2D eigenvalue weighted by Gasteiger charge is -2.33. The van der Waals surface area contributed by atoms with Crippen LogP contribution in [0.5, 0.6) is 0 Å². The van der Waals surface area contributed by atoms with Crippen LogP contribution in [0.1, 0.15) is 30.3 Å². The van der Waals surface area contributed by atoms with Gasteiger partial charge in [0, 0.05) is 31.4 Å². The van der Waals surface area contributed by atoms with Crippen LogP contribution < -0.4 is 5.73 Å². The molecule has 3 N–H and O–H groups in total. The maximum atomic E-state index is 14.4. The van der Waals surface area contributed by atoms with E-state index in [1.165, 1.54) is 4.90 Å². The van der Waals surface area contributed by atoms with E-state index in [2.05, 4.69) is 4.98 Å². The maximum Gasteiger partial charge on any atom is 0.407 e. The number of hydrogen-bond donors (Lipinski definition) is 2. The molecule has 1 fully saturated rings. The molecule has 1 amide bonds. The highest BCUT2D eigenvalue weighted by atomic mass is 19.1. The third-order valence-electron chi connectivity index (χ3n) is 5.82. The molecule has 1 aliphatic rings. The Labute approximate surface area is 178 Å². The molecule has 1 unspecified atom stereocenters. The van der Waals surface area contributed by atoms with E-state index < -0.39 is 23.8 Å². The molecule has 31 heavy (non-hydrogen) atoms. The fourth-order valence-electron chi connectivity index (χ4n) is 4.09. The first-order valence-electron chi connectivity index (χ1n) is 10.2. The molecule has 162 valence electrons. The van der Waals surface area contributed by atoms with E-state index in [4.69, 9.17) is 5.73 Å². The second-order valence-corrected chi connectivity index (χ2v) is 7.85. The highest BCUT2D eigenvalue weighted by Crippen LogP contribution is 2.32. The molecule has 1 atom stereocenters. The topological polar surface area (TPSA) is 84.4 Å². The maximum absolute atomic E-state index is 14.4. The first kappa shape index (κ1) is 21.0.